The molecule has 2 nitrogen and oxygen atoms in total. The van der Waals surface area contributed by atoms with Crippen LogP contribution in [0, 0.1) is 0 Å². The van der Waals surface area contributed by atoms with Gasteiger partial charge in [0.25, 0.3) is 0 Å². The number of unbranched alkanes of at least 4 members (excludes halogenated alkanes) is 14. The zero-order valence-corrected chi connectivity index (χ0v) is 20.6. The summed E-state index contributed by atoms with van der Waals surface area (Å²) in [5.74, 6) is 0. The lowest BCUT2D eigenvalue weighted by Gasteiger charge is -2.23. The standard InChI is InChI=1S/C26H54N2/c1-7-9-11-13-15-16-18-20-22-24-26(5,6)28-27-25(3,4)23-21-19-17-14-12-10-8-2/h7-24H2,1-6H3. The van der Waals surface area contributed by atoms with E-state index in [2.05, 4.69) is 41.5 Å². The Kier molecular flexibility index (Phi) is 17.2. The van der Waals surface area contributed by atoms with E-state index in [1.165, 1.54) is 116 Å². The third-order valence-electron chi connectivity index (χ3n) is 5.88. The van der Waals surface area contributed by atoms with Crippen LogP contribution in [0.1, 0.15) is 157 Å². The van der Waals surface area contributed by atoms with Gasteiger partial charge in [0, 0.05) is 0 Å². The molecular formula is C26H54N2. The minimum absolute atomic E-state index is 0.000816. The molecule has 2 heteroatoms. The highest BCUT2D eigenvalue weighted by molar-refractivity contribution is 4.80. The molecule has 0 heterocycles. The van der Waals surface area contributed by atoms with Crippen LogP contribution in [0.15, 0.2) is 10.2 Å². The van der Waals surface area contributed by atoms with Crippen molar-refractivity contribution < 1.29 is 0 Å². The summed E-state index contributed by atoms with van der Waals surface area (Å²) in [6.45, 7) is 13.6. The van der Waals surface area contributed by atoms with Gasteiger partial charge in [0.05, 0.1) is 11.1 Å². The summed E-state index contributed by atoms with van der Waals surface area (Å²) >= 11 is 0. The molecule has 28 heavy (non-hydrogen) atoms. The van der Waals surface area contributed by atoms with Crippen LogP contribution in [0.3, 0.4) is 0 Å². The van der Waals surface area contributed by atoms with Crippen LogP contribution in [0.5, 0.6) is 0 Å². The Balaban J connectivity index is 3.82. The molecule has 0 aromatic heterocycles. The van der Waals surface area contributed by atoms with E-state index in [-0.39, 0.29) is 11.1 Å². The van der Waals surface area contributed by atoms with Crippen molar-refractivity contribution in [2.45, 2.75) is 168 Å². The van der Waals surface area contributed by atoms with Crippen LogP contribution in [0.25, 0.3) is 0 Å². The summed E-state index contributed by atoms with van der Waals surface area (Å²) in [7, 11) is 0. The molecule has 168 valence electrons. The fourth-order valence-electron chi connectivity index (χ4n) is 3.75. The number of hydrogen-bond acceptors (Lipinski definition) is 2. The first-order valence-corrected chi connectivity index (χ1v) is 12.8. The van der Waals surface area contributed by atoms with Crippen LogP contribution < -0.4 is 0 Å². The van der Waals surface area contributed by atoms with Crippen molar-refractivity contribution in [3.63, 3.8) is 0 Å². The fourth-order valence-corrected chi connectivity index (χ4v) is 3.75. The number of rotatable bonds is 20. The number of hydrogen-bond donors (Lipinski definition) is 0. The lowest BCUT2D eigenvalue weighted by atomic mass is 9.96. The predicted octanol–water partition coefficient (Wildman–Crippen LogP) is 10.1. The maximum atomic E-state index is 4.76. The van der Waals surface area contributed by atoms with E-state index in [9.17, 15) is 0 Å². The molecule has 0 amide bonds. The molecule has 0 aliphatic carbocycles. The molecule has 0 rings (SSSR count). The van der Waals surface area contributed by atoms with E-state index in [0.717, 1.165) is 0 Å². The molecule has 0 saturated carbocycles. The summed E-state index contributed by atoms with van der Waals surface area (Å²) in [4.78, 5) is 0. The summed E-state index contributed by atoms with van der Waals surface area (Å²) in [5.41, 5.74) is -0.00226. The van der Waals surface area contributed by atoms with Crippen LogP contribution in [0.2, 0.25) is 0 Å². The largest absolute Gasteiger partial charge is 0.187 e. The summed E-state index contributed by atoms with van der Waals surface area (Å²) in [5, 5.41) is 9.52. The molecule has 0 N–H and O–H groups in total. The molecule has 0 saturated heterocycles. The van der Waals surface area contributed by atoms with Crippen molar-refractivity contribution in [1.29, 1.82) is 0 Å². The van der Waals surface area contributed by atoms with Crippen molar-refractivity contribution in [2.24, 2.45) is 10.2 Å². The molecule has 0 aromatic rings. The Bertz CT molecular complexity index is 357. The second-order valence-corrected chi connectivity index (χ2v) is 10.3. The highest BCUT2D eigenvalue weighted by Gasteiger charge is 2.20. The third kappa shape index (κ3) is 18.9. The van der Waals surface area contributed by atoms with Gasteiger partial charge in [-0.25, -0.2) is 0 Å². The van der Waals surface area contributed by atoms with E-state index in [0.29, 0.717) is 0 Å². The Morgan fingerprint density at radius 2 is 0.643 bits per heavy atom. The van der Waals surface area contributed by atoms with E-state index in [1.807, 2.05) is 0 Å². The van der Waals surface area contributed by atoms with Gasteiger partial charge in [-0.3, -0.25) is 0 Å². The lowest BCUT2D eigenvalue weighted by Crippen LogP contribution is -2.21. The average Bonchev–Trinajstić information content (AvgIpc) is 2.64. The maximum absolute atomic E-state index is 4.76. The normalized spacial score (nSPS) is 12.9. The highest BCUT2D eigenvalue weighted by Crippen LogP contribution is 2.25. The second kappa shape index (κ2) is 17.5. The fraction of sp³-hybridized carbons (Fsp3) is 1.00. The summed E-state index contributed by atoms with van der Waals surface area (Å²) in [6, 6.07) is 0. The van der Waals surface area contributed by atoms with E-state index < -0.39 is 0 Å². The topological polar surface area (TPSA) is 24.7 Å². The van der Waals surface area contributed by atoms with Gasteiger partial charge in [0.1, 0.15) is 0 Å². The molecule has 0 unspecified atom stereocenters. The van der Waals surface area contributed by atoms with Crippen molar-refractivity contribution in [2.75, 3.05) is 0 Å². The quantitative estimate of drug-likeness (QED) is 0.145. The summed E-state index contributed by atoms with van der Waals surface area (Å²) in [6.07, 6.45) is 24.4. The smallest absolute Gasteiger partial charge is 0.0760 e. The van der Waals surface area contributed by atoms with Gasteiger partial charge in [0.2, 0.25) is 0 Å². The van der Waals surface area contributed by atoms with Gasteiger partial charge >= 0.3 is 0 Å². The van der Waals surface area contributed by atoms with Gasteiger partial charge in [-0.15, -0.1) is 0 Å². The first-order chi connectivity index (χ1) is 13.3. The lowest BCUT2D eigenvalue weighted by molar-refractivity contribution is 0.367. The summed E-state index contributed by atoms with van der Waals surface area (Å²) < 4.78 is 0. The molecule has 0 radical (unpaired) electrons. The van der Waals surface area contributed by atoms with Crippen LogP contribution in [0.4, 0.5) is 0 Å². The maximum Gasteiger partial charge on any atom is 0.0760 e. The molecule has 0 atom stereocenters. The van der Waals surface area contributed by atoms with Crippen molar-refractivity contribution in [3.05, 3.63) is 0 Å². The van der Waals surface area contributed by atoms with Crippen molar-refractivity contribution in [1.82, 2.24) is 0 Å². The Morgan fingerprint density at radius 3 is 0.929 bits per heavy atom. The zero-order valence-electron chi connectivity index (χ0n) is 20.6. The van der Waals surface area contributed by atoms with Crippen molar-refractivity contribution >= 4 is 0 Å². The minimum Gasteiger partial charge on any atom is -0.187 e. The Hall–Kier alpha value is -0.400. The first kappa shape index (κ1) is 27.6. The minimum atomic E-state index is -0.00144. The van der Waals surface area contributed by atoms with Crippen LogP contribution >= 0.6 is 0 Å². The average molecular weight is 395 g/mol. The van der Waals surface area contributed by atoms with Gasteiger partial charge < -0.3 is 0 Å². The SMILES string of the molecule is CCCCCCCCCCCC(C)(C)N=NC(C)(C)CCCCCCCCC. The molecular weight excluding hydrogens is 340 g/mol. The van der Waals surface area contributed by atoms with Gasteiger partial charge in [-0.1, -0.05) is 117 Å². The molecule has 0 aromatic carbocycles. The van der Waals surface area contributed by atoms with Crippen molar-refractivity contribution in [3.8, 4) is 0 Å². The predicted molar refractivity (Wildman–Crippen MR) is 127 cm³/mol. The number of azo groups is 1. The molecule has 0 aliphatic rings. The van der Waals surface area contributed by atoms with Gasteiger partial charge in [-0.2, -0.15) is 10.2 Å². The van der Waals surface area contributed by atoms with E-state index in [4.69, 9.17) is 10.2 Å². The second-order valence-electron chi connectivity index (χ2n) is 10.3. The molecule has 0 spiro atoms. The Labute approximate surface area is 178 Å². The number of nitrogens with zero attached hydrogens (tertiary/aromatic N) is 2. The first-order valence-electron chi connectivity index (χ1n) is 12.8. The van der Waals surface area contributed by atoms with Gasteiger partial charge in [0.15, 0.2) is 0 Å². The van der Waals surface area contributed by atoms with E-state index >= 15 is 0 Å². The van der Waals surface area contributed by atoms with Gasteiger partial charge in [-0.05, 0) is 40.5 Å². The third-order valence-corrected chi connectivity index (χ3v) is 5.88. The highest BCUT2D eigenvalue weighted by atomic mass is 15.2. The molecule has 0 fully saturated rings. The zero-order chi connectivity index (χ0) is 21.1. The molecule has 0 aliphatic heterocycles. The molecule has 0 bridgehead atoms. The van der Waals surface area contributed by atoms with Crippen LogP contribution in [-0.2, 0) is 0 Å². The Morgan fingerprint density at radius 1 is 0.393 bits per heavy atom. The monoisotopic (exact) mass is 394 g/mol. The van der Waals surface area contributed by atoms with E-state index in [1.54, 1.807) is 0 Å². The van der Waals surface area contributed by atoms with Crippen LogP contribution in [-0.4, -0.2) is 11.1 Å².